The van der Waals surface area contributed by atoms with Gasteiger partial charge in [0.25, 0.3) is 0 Å². The predicted octanol–water partition coefficient (Wildman–Crippen LogP) is 3.11. The molecule has 0 amide bonds. The first-order chi connectivity index (χ1) is 8.83. The molecule has 0 saturated heterocycles. The van der Waals surface area contributed by atoms with Crippen molar-refractivity contribution in [3.05, 3.63) is 52.2 Å². The quantitative estimate of drug-likeness (QED) is 0.896. The lowest BCUT2D eigenvalue weighted by molar-refractivity contribution is 0.414. The van der Waals surface area contributed by atoms with E-state index in [4.69, 9.17) is 10.00 Å². The van der Waals surface area contributed by atoms with Gasteiger partial charge in [0.05, 0.1) is 13.2 Å². The van der Waals surface area contributed by atoms with E-state index < -0.39 is 0 Å². The van der Waals surface area contributed by atoms with E-state index in [2.05, 4.69) is 11.4 Å². The van der Waals surface area contributed by atoms with Crippen LogP contribution in [0.2, 0.25) is 0 Å². The highest BCUT2D eigenvalue weighted by Gasteiger charge is 2.09. The number of ether oxygens (including phenoxy) is 1. The van der Waals surface area contributed by atoms with E-state index in [1.165, 1.54) is 0 Å². The zero-order chi connectivity index (χ0) is 12.8. The maximum atomic E-state index is 9.13. The number of nitriles is 1. The third kappa shape index (κ3) is 3.10. The van der Waals surface area contributed by atoms with Gasteiger partial charge >= 0.3 is 0 Å². The van der Waals surface area contributed by atoms with Crippen LogP contribution in [0.4, 0.5) is 0 Å². The highest BCUT2D eigenvalue weighted by Crippen LogP contribution is 2.17. The molecule has 1 unspecified atom stereocenters. The molecule has 1 heterocycles. The zero-order valence-corrected chi connectivity index (χ0v) is 10.9. The van der Waals surface area contributed by atoms with Gasteiger partial charge in [-0.25, -0.2) is 0 Å². The topological polar surface area (TPSA) is 45.0 Å². The van der Waals surface area contributed by atoms with Gasteiger partial charge in [0.15, 0.2) is 0 Å². The van der Waals surface area contributed by atoms with Crippen molar-refractivity contribution in [2.45, 2.75) is 12.6 Å². The Kier molecular flexibility index (Phi) is 4.35. The van der Waals surface area contributed by atoms with Crippen molar-refractivity contribution in [1.82, 2.24) is 5.32 Å². The van der Waals surface area contributed by atoms with Gasteiger partial charge in [-0.1, -0.05) is 12.1 Å². The average molecular weight is 258 g/mol. The van der Waals surface area contributed by atoms with Crippen molar-refractivity contribution in [1.29, 1.82) is 5.26 Å². The summed E-state index contributed by atoms with van der Waals surface area (Å²) in [4.78, 5) is 0. The van der Waals surface area contributed by atoms with Gasteiger partial charge < -0.3 is 4.74 Å². The van der Waals surface area contributed by atoms with Crippen LogP contribution in [0, 0.1) is 11.3 Å². The SMILES string of the molecule is COc1ccc(CNC(C#N)c2ccsc2)cc1. The van der Waals surface area contributed by atoms with Crippen molar-refractivity contribution in [2.75, 3.05) is 7.11 Å². The smallest absolute Gasteiger partial charge is 0.122 e. The number of benzene rings is 1. The van der Waals surface area contributed by atoms with Crippen molar-refractivity contribution in [3.8, 4) is 11.8 Å². The highest BCUT2D eigenvalue weighted by molar-refractivity contribution is 7.08. The van der Waals surface area contributed by atoms with E-state index >= 15 is 0 Å². The molecule has 2 aromatic rings. The minimum atomic E-state index is -0.252. The fraction of sp³-hybridized carbons (Fsp3) is 0.214. The molecule has 0 spiro atoms. The van der Waals surface area contributed by atoms with Gasteiger partial charge in [0, 0.05) is 6.54 Å². The van der Waals surface area contributed by atoms with Gasteiger partial charge in [-0.15, -0.1) is 0 Å². The fourth-order valence-corrected chi connectivity index (χ4v) is 2.33. The molecule has 1 aromatic carbocycles. The normalized spacial score (nSPS) is 11.8. The maximum absolute atomic E-state index is 9.13. The lowest BCUT2D eigenvalue weighted by atomic mass is 10.1. The summed E-state index contributed by atoms with van der Waals surface area (Å²) in [6, 6.07) is 11.8. The average Bonchev–Trinajstić information content (AvgIpc) is 2.94. The van der Waals surface area contributed by atoms with E-state index in [0.717, 1.165) is 16.9 Å². The lowest BCUT2D eigenvalue weighted by Crippen LogP contribution is -2.18. The number of nitrogens with one attached hydrogen (secondary N) is 1. The summed E-state index contributed by atoms with van der Waals surface area (Å²) in [5, 5.41) is 16.3. The Hall–Kier alpha value is -1.83. The molecule has 4 heteroatoms. The molecule has 0 aliphatic heterocycles. The first-order valence-corrected chi connectivity index (χ1v) is 6.56. The van der Waals surface area contributed by atoms with Crippen molar-refractivity contribution < 1.29 is 4.74 Å². The number of hydrogen-bond acceptors (Lipinski definition) is 4. The Morgan fingerprint density at radius 2 is 2.11 bits per heavy atom. The zero-order valence-electron chi connectivity index (χ0n) is 10.1. The van der Waals surface area contributed by atoms with E-state index in [-0.39, 0.29) is 6.04 Å². The lowest BCUT2D eigenvalue weighted by Gasteiger charge is -2.10. The summed E-state index contributed by atoms with van der Waals surface area (Å²) in [5.41, 5.74) is 2.15. The number of rotatable bonds is 5. The number of thiophene rings is 1. The molecule has 1 aromatic heterocycles. The van der Waals surface area contributed by atoms with Gasteiger partial charge in [-0.2, -0.15) is 16.6 Å². The monoisotopic (exact) mass is 258 g/mol. The molecule has 3 nitrogen and oxygen atoms in total. The van der Waals surface area contributed by atoms with Crippen molar-refractivity contribution in [2.24, 2.45) is 0 Å². The molecule has 0 radical (unpaired) electrons. The van der Waals surface area contributed by atoms with Gasteiger partial charge in [-0.3, -0.25) is 5.32 Å². The molecule has 0 bridgehead atoms. The van der Waals surface area contributed by atoms with Crippen LogP contribution in [0.1, 0.15) is 17.2 Å². The first kappa shape index (κ1) is 12.6. The Morgan fingerprint density at radius 3 is 2.67 bits per heavy atom. The van der Waals surface area contributed by atoms with Crippen LogP contribution >= 0.6 is 11.3 Å². The second-order valence-corrected chi connectivity index (χ2v) is 4.63. The minimum absolute atomic E-state index is 0.252. The maximum Gasteiger partial charge on any atom is 0.122 e. The fourth-order valence-electron chi connectivity index (χ4n) is 1.64. The molecule has 1 N–H and O–H groups in total. The molecule has 92 valence electrons. The van der Waals surface area contributed by atoms with E-state index in [0.29, 0.717) is 6.54 Å². The van der Waals surface area contributed by atoms with E-state index in [9.17, 15) is 0 Å². The van der Waals surface area contributed by atoms with Crippen molar-refractivity contribution >= 4 is 11.3 Å². The molecule has 0 aliphatic rings. The van der Waals surface area contributed by atoms with Crippen molar-refractivity contribution in [3.63, 3.8) is 0 Å². The predicted molar refractivity (Wildman–Crippen MR) is 72.5 cm³/mol. The van der Waals surface area contributed by atoms with Gasteiger partial charge in [0.1, 0.15) is 11.8 Å². The third-order valence-electron chi connectivity index (χ3n) is 2.67. The van der Waals surface area contributed by atoms with Crippen LogP contribution in [0.3, 0.4) is 0 Å². The summed E-state index contributed by atoms with van der Waals surface area (Å²) in [6.45, 7) is 0.665. The summed E-state index contributed by atoms with van der Waals surface area (Å²) in [7, 11) is 1.65. The standard InChI is InChI=1S/C14H14N2OS/c1-17-13-4-2-11(3-5-13)9-16-14(8-15)12-6-7-18-10-12/h2-7,10,14,16H,9H2,1H3. The summed E-state index contributed by atoms with van der Waals surface area (Å²) < 4.78 is 5.10. The Balaban J connectivity index is 1.96. The number of nitrogens with zero attached hydrogens (tertiary/aromatic N) is 1. The highest BCUT2D eigenvalue weighted by atomic mass is 32.1. The summed E-state index contributed by atoms with van der Waals surface area (Å²) in [5.74, 6) is 0.841. The van der Waals surface area contributed by atoms with Crippen LogP contribution in [-0.2, 0) is 6.54 Å². The molecule has 18 heavy (non-hydrogen) atoms. The molecule has 1 atom stereocenters. The van der Waals surface area contributed by atoms with Gasteiger partial charge in [0.2, 0.25) is 0 Å². The van der Waals surface area contributed by atoms with Crippen LogP contribution in [0.15, 0.2) is 41.1 Å². The van der Waals surface area contributed by atoms with E-state index in [1.54, 1.807) is 18.4 Å². The number of methoxy groups -OCH3 is 1. The van der Waals surface area contributed by atoms with Gasteiger partial charge in [-0.05, 0) is 40.1 Å². The van der Waals surface area contributed by atoms with Crippen LogP contribution in [-0.4, -0.2) is 7.11 Å². The minimum Gasteiger partial charge on any atom is -0.497 e. The number of hydrogen-bond donors (Lipinski definition) is 1. The second-order valence-electron chi connectivity index (χ2n) is 3.85. The molecule has 0 fully saturated rings. The molecular formula is C14H14N2OS. The van der Waals surface area contributed by atoms with E-state index in [1.807, 2.05) is 41.1 Å². The summed E-state index contributed by atoms with van der Waals surface area (Å²) in [6.07, 6.45) is 0. The summed E-state index contributed by atoms with van der Waals surface area (Å²) >= 11 is 1.60. The Bertz CT molecular complexity index is 514. The van der Waals surface area contributed by atoms with Crippen LogP contribution in [0.5, 0.6) is 5.75 Å². The Labute approximate surface area is 111 Å². The molecule has 0 aliphatic carbocycles. The third-order valence-corrected chi connectivity index (χ3v) is 3.38. The first-order valence-electron chi connectivity index (χ1n) is 5.61. The van der Waals surface area contributed by atoms with Crippen LogP contribution in [0.25, 0.3) is 0 Å². The molecule has 0 saturated carbocycles. The largest absolute Gasteiger partial charge is 0.497 e. The second kappa shape index (κ2) is 6.20. The molecule has 2 rings (SSSR count). The Morgan fingerprint density at radius 1 is 1.33 bits per heavy atom. The van der Waals surface area contributed by atoms with Crippen LogP contribution < -0.4 is 10.1 Å². The molecular weight excluding hydrogens is 244 g/mol.